The van der Waals surface area contributed by atoms with Crippen LogP contribution in [0.3, 0.4) is 0 Å². The van der Waals surface area contributed by atoms with Crippen LogP contribution in [-0.2, 0) is 4.79 Å². The molecule has 3 aliphatic rings. The molecule has 0 aromatic heterocycles. The molecule has 4 nitrogen and oxygen atoms in total. The van der Waals surface area contributed by atoms with Crippen molar-refractivity contribution < 1.29 is 14.4 Å². The van der Waals surface area contributed by atoms with Crippen molar-refractivity contribution in [2.45, 2.75) is 31.8 Å². The summed E-state index contributed by atoms with van der Waals surface area (Å²) < 4.78 is 0. The van der Waals surface area contributed by atoms with Crippen molar-refractivity contribution in [3.05, 3.63) is 107 Å². The Balaban J connectivity index is 1.68. The van der Waals surface area contributed by atoms with Gasteiger partial charge in [0, 0.05) is 22.7 Å². The van der Waals surface area contributed by atoms with Crippen LogP contribution in [0.1, 0.15) is 50.2 Å². The summed E-state index contributed by atoms with van der Waals surface area (Å²) in [5, 5.41) is 0. The fourth-order valence-electron chi connectivity index (χ4n) is 6.22. The molecule has 3 aromatic carbocycles. The number of rotatable bonds is 2. The number of anilines is 1. The summed E-state index contributed by atoms with van der Waals surface area (Å²) in [6.07, 6.45) is 3.94. The molecule has 162 valence electrons. The number of ketones is 3. The summed E-state index contributed by atoms with van der Waals surface area (Å²) in [5.41, 5.74) is 3.31. The molecule has 3 atom stereocenters. The van der Waals surface area contributed by atoms with Crippen molar-refractivity contribution in [1.82, 2.24) is 0 Å². The SMILES string of the molecule is CC(=O)[C@@H]1[C@H](c2ccc(C)cc2)C2(C(=O)c3ccccc3C2=O)[C@H]2C=Cc3ccccc3N12. The molecule has 2 aliphatic heterocycles. The maximum Gasteiger partial charge on any atom is 0.180 e. The van der Waals surface area contributed by atoms with E-state index in [1.807, 2.05) is 72.5 Å². The van der Waals surface area contributed by atoms with Crippen LogP contribution in [0, 0.1) is 12.3 Å². The van der Waals surface area contributed by atoms with Crippen LogP contribution < -0.4 is 4.90 Å². The Kier molecular flexibility index (Phi) is 4.12. The van der Waals surface area contributed by atoms with Gasteiger partial charge in [0.05, 0.1) is 12.1 Å². The number of hydrogen-bond donors (Lipinski definition) is 0. The molecule has 0 saturated carbocycles. The van der Waals surface area contributed by atoms with Gasteiger partial charge in [-0.3, -0.25) is 14.4 Å². The first-order valence-electron chi connectivity index (χ1n) is 11.3. The minimum absolute atomic E-state index is 0.0518. The largest absolute Gasteiger partial charge is 0.352 e. The number of carbonyl (C=O) groups is 3. The predicted molar refractivity (Wildman–Crippen MR) is 128 cm³/mol. The van der Waals surface area contributed by atoms with E-state index in [0.717, 1.165) is 22.4 Å². The molecule has 0 unspecified atom stereocenters. The zero-order valence-electron chi connectivity index (χ0n) is 18.5. The second-order valence-electron chi connectivity index (χ2n) is 9.29. The molecule has 6 rings (SSSR count). The number of Topliss-reactive ketones (excluding diaryl/α,β-unsaturated/α-hetero) is 3. The zero-order chi connectivity index (χ0) is 22.9. The molecule has 2 heterocycles. The lowest BCUT2D eigenvalue weighted by molar-refractivity contribution is -0.118. The third-order valence-electron chi connectivity index (χ3n) is 7.57. The number of para-hydroxylation sites is 1. The smallest absolute Gasteiger partial charge is 0.180 e. The first-order chi connectivity index (χ1) is 16.0. The predicted octanol–water partition coefficient (Wildman–Crippen LogP) is 5.02. The minimum atomic E-state index is -1.39. The molecule has 33 heavy (non-hydrogen) atoms. The highest BCUT2D eigenvalue weighted by Crippen LogP contribution is 2.60. The number of aryl methyl sites for hydroxylation is 1. The highest BCUT2D eigenvalue weighted by Gasteiger charge is 2.71. The lowest BCUT2D eigenvalue weighted by Gasteiger charge is -2.37. The second kappa shape index (κ2) is 6.85. The van der Waals surface area contributed by atoms with Crippen molar-refractivity contribution in [2.75, 3.05) is 4.90 Å². The number of benzene rings is 3. The van der Waals surface area contributed by atoms with Gasteiger partial charge in [0.15, 0.2) is 17.3 Å². The van der Waals surface area contributed by atoms with Crippen molar-refractivity contribution in [3.8, 4) is 0 Å². The van der Waals surface area contributed by atoms with Crippen LogP contribution in [-0.4, -0.2) is 29.4 Å². The summed E-state index contributed by atoms with van der Waals surface area (Å²) >= 11 is 0. The maximum atomic E-state index is 14.2. The summed E-state index contributed by atoms with van der Waals surface area (Å²) in [7, 11) is 0. The average molecular weight is 434 g/mol. The van der Waals surface area contributed by atoms with E-state index >= 15 is 0 Å². The Bertz CT molecular complexity index is 1330. The Morgan fingerprint density at radius 3 is 2.09 bits per heavy atom. The van der Waals surface area contributed by atoms with Gasteiger partial charge in [0.2, 0.25) is 0 Å². The fourth-order valence-corrected chi connectivity index (χ4v) is 6.22. The number of carbonyl (C=O) groups excluding carboxylic acids is 3. The van der Waals surface area contributed by atoms with E-state index in [4.69, 9.17) is 0 Å². The van der Waals surface area contributed by atoms with E-state index in [9.17, 15) is 14.4 Å². The van der Waals surface area contributed by atoms with Crippen LogP contribution in [0.2, 0.25) is 0 Å². The van der Waals surface area contributed by atoms with Gasteiger partial charge in [-0.1, -0.05) is 84.4 Å². The van der Waals surface area contributed by atoms with E-state index < -0.39 is 23.4 Å². The molecule has 0 radical (unpaired) electrons. The Morgan fingerprint density at radius 2 is 1.45 bits per heavy atom. The number of nitrogens with zero attached hydrogens (tertiary/aromatic N) is 1. The highest BCUT2D eigenvalue weighted by molar-refractivity contribution is 6.32. The lowest BCUT2D eigenvalue weighted by atomic mass is 9.64. The van der Waals surface area contributed by atoms with Gasteiger partial charge in [-0.2, -0.15) is 0 Å². The number of fused-ring (bicyclic) bond motifs is 5. The standard InChI is InChI=1S/C29H23NO3/c1-17-11-13-20(14-12-17)25-26(18(2)31)30-23-10-6-3-7-19(23)15-16-24(30)29(25)27(32)21-8-4-5-9-22(21)28(29)33/h3-16,24-26H,1-2H3/t24-,25+,26-/m1/s1. The van der Waals surface area contributed by atoms with Gasteiger partial charge < -0.3 is 4.90 Å². The molecule has 1 spiro atoms. The third kappa shape index (κ3) is 2.44. The first kappa shape index (κ1) is 19.9. The van der Waals surface area contributed by atoms with E-state index in [-0.39, 0.29) is 17.3 Å². The number of hydrogen-bond acceptors (Lipinski definition) is 4. The molecule has 0 amide bonds. The molecule has 0 bridgehead atoms. The topological polar surface area (TPSA) is 54.5 Å². The lowest BCUT2D eigenvalue weighted by Crippen LogP contribution is -2.48. The Morgan fingerprint density at radius 1 is 0.848 bits per heavy atom. The van der Waals surface area contributed by atoms with Gasteiger partial charge in [-0.25, -0.2) is 0 Å². The Labute approximate surface area is 192 Å². The fraction of sp³-hybridized carbons (Fsp3) is 0.207. The molecular formula is C29H23NO3. The zero-order valence-corrected chi connectivity index (χ0v) is 18.5. The van der Waals surface area contributed by atoms with Crippen molar-refractivity contribution in [2.24, 2.45) is 5.41 Å². The molecule has 4 heteroatoms. The van der Waals surface area contributed by atoms with Crippen molar-refractivity contribution in [1.29, 1.82) is 0 Å². The van der Waals surface area contributed by atoms with Gasteiger partial charge in [0.25, 0.3) is 0 Å². The second-order valence-corrected chi connectivity index (χ2v) is 9.29. The van der Waals surface area contributed by atoms with Crippen LogP contribution in [0.25, 0.3) is 6.08 Å². The first-order valence-corrected chi connectivity index (χ1v) is 11.3. The average Bonchev–Trinajstić information content (AvgIpc) is 3.27. The van der Waals surface area contributed by atoms with Crippen LogP contribution in [0.15, 0.2) is 78.9 Å². The maximum absolute atomic E-state index is 14.2. The molecule has 1 saturated heterocycles. The highest BCUT2D eigenvalue weighted by atomic mass is 16.2. The van der Waals surface area contributed by atoms with Crippen LogP contribution >= 0.6 is 0 Å². The summed E-state index contributed by atoms with van der Waals surface area (Å²) in [5.74, 6) is -1.01. The summed E-state index contributed by atoms with van der Waals surface area (Å²) in [6.45, 7) is 3.57. The quantitative estimate of drug-likeness (QED) is 0.533. The van der Waals surface area contributed by atoms with Gasteiger partial charge in [-0.05, 0) is 31.0 Å². The normalized spacial score (nSPS) is 24.1. The molecular weight excluding hydrogens is 410 g/mol. The molecule has 1 aliphatic carbocycles. The van der Waals surface area contributed by atoms with Crippen molar-refractivity contribution in [3.63, 3.8) is 0 Å². The van der Waals surface area contributed by atoms with Crippen LogP contribution in [0.4, 0.5) is 5.69 Å². The van der Waals surface area contributed by atoms with E-state index in [2.05, 4.69) is 0 Å². The van der Waals surface area contributed by atoms with Gasteiger partial charge >= 0.3 is 0 Å². The summed E-state index contributed by atoms with van der Waals surface area (Å²) in [6, 6.07) is 21.7. The molecule has 3 aromatic rings. The minimum Gasteiger partial charge on any atom is -0.352 e. The summed E-state index contributed by atoms with van der Waals surface area (Å²) in [4.78, 5) is 43.8. The van der Waals surface area contributed by atoms with Crippen molar-refractivity contribution >= 4 is 29.1 Å². The van der Waals surface area contributed by atoms with Crippen LogP contribution in [0.5, 0.6) is 0 Å². The van der Waals surface area contributed by atoms with E-state index in [0.29, 0.717) is 11.1 Å². The van der Waals surface area contributed by atoms with E-state index in [1.54, 1.807) is 31.2 Å². The van der Waals surface area contributed by atoms with Gasteiger partial charge in [0.1, 0.15) is 5.41 Å². The monoisotopic (exact) mass is 433 g/mol. The third-order valence-corrected chi connectivity index (χ3v) is 7.57. The Hall–Kier alpha value is -3.79. The molecule has 0 N–H and O–H groups in total. The molecule has 1 fully saturated rings. The van der Waals surface area contributed by atoms with Gasteiger partial charge in [-0.15, -0.1) is 0 Å². The van der Waals surface area contributed by atoms with E-state index in [1.165, 1.54) is 0 Å².